The number of fused-ring (bicyclic) bond motifs is 1. The number of hydrogen-bond donors (Lipinski definition) is 4. The lowest BCUT2D eigenvalue weighted by molar-refractivity contribution is -0.271. The van der Waals surface area contributed by atoms with Gasteiger partial charge in [-0.05, 0) is 24.6 Å². The summed E-state index contributed by atoms with van der Waals surface area (Å²) in [6.45, 7) is 1.74. The van der Waals surface area contributed by atoms with Crippen molar-refractivity contribution in [3.63, 3.8) is 0 Å². The first kappa shape index (κ1) is 17.4. The first-order valence-corrected chi connectivity index (χ1v) is 7.41. The Kier molecular flexibility index (Phi) is 4.48. The maximum absolute atomic E-state index is 11.5. The lowest BCUT2D eigenvalue weighted by atomic mass is 9.99. The summed E-state index contributed by atoms with van der Waals surface area (Å²) in [5, 5.41) is 39.1. The predicted octanol–water partition coefficient (Wildman–Crippen LogP) is -0.628. The van der Waals surface area contributed by atoms with Crippen LogP contribution in [-0.4, -0.2) is 57.1 Å². The van der Waals surface area contributed by atoms with Gasteiger partial charge in [0.25, 0.3) is 0 Å². The molecule has 1 fully saturated rings. The zero-order valence-corrected chi connectivity index (χ0v) is 13.0. The van der Waals surface area contributed by atoms with Crippen LogP contribution in [-0.2, 0) is 9.53 Å². The Hall–Kier alpha value is -2.46. The molecule has 9 heteroatoms. The van der Waals surface area contributed by atoms with E-state index in [2.05, 4.69) is 0 Å². The molecule has 9 nitrogen and oxygen atoms in total. The maximum Gasteiger partial charge on any atom is 0.336 e. The van der Waals surface area contributed by atoms with Gasteiger partial charge in [-0.15, -0.1) is 0 Å². The van der Waals surface area contributed by atoms with Gasteiger partial charge >= 0.3 is 11.6 Å². The van der Waals surface area contributed by atoms with Crippen LogP contribution in [0.3, 0.4) is 0 Å². The molecular formula is C16H16O9. The van der Waals surface area contributed by atoms with Crippen LogP contribution in [0.5, 0.6) is 5.75 Å². The molecule has 2 heterocycles. The smallest absolute Gasteiger partial charge is 0.336 e. The second kappa shape index (κ2) is 6.45. The van der Waals surface area contributed by atoms with Gasteiger partial charge in [0.2, 0.25) is 6.29 Å². The number of benzene rings is 1. The minimum atomic E-state index is -1.80. The van der Waals surface area contributed by atoms with Crippen molar-refractivity contribution in [2.75, 3.05) is 0 Å². The van der Waals surface area contributed by atoms with Crippen molar-refractivity contribution in [1.82, 2.24) is 0 Å². The van der Waals surface area contributed by atoms with Gasteiger partial charge < -0.3 is 34.3 Å². The number of carboxylic acid groups (broad SMARTS) is 1. The molecule has 25 heavy (non-hydrogen) atoms. The molecule has 5 atom stereocenters. The van der Waals surface area contributed by atoms with E-state index in [0.29, 0.717) is 10.9 Å². The summed E-state index contributed by atoms with van der Waals surface area (Å²) in [5.74, 6) is -1.38. The summed E-state index contributed by atoms with van der Waals surface area (Å²) in [7, 11) is 0. The molecule has 1 aliphatic rings. The van der Waals surface area contributed by atoms with Crippen LogP contribution in [0.1, 0.15) is 5.56 Å². The number of aliphatic hydroxyl groups excluding tert-OH is 3. The first-order chi connectivity index (χ1) is 11.8. The van der Waals surface area contributed by atoms with E-state index < -0.39 is 42.3 Å². The Balaban J connectivity index is 1.89. The molecule has 0 bridgehead atoms. The van der Waals surface area contributed by atoms with Gasteiger partial charge in [0.1, 0.15) is 29.6 Å². The predicted molar refractivity (Wildman–Crippen MR) is 82.2 cm³/mol. The number of aliphatic carboxylic acids is 1. The van der Waals surface area contributed by atoms with Gasteiger partial charge in [0, 0.05) is 17.5 Å². The largest absolute Gasteiger partial charge is 0.479 e. The fourth-order valence-corrected chi connectivity index (χ4v) is 2.66. The van der Waals surface area contributed by atoms with E-state index in [0.717, 1.165) is 0 Å². The Labute approximate surface area is 140 Å². The van der Waals surface area contributed by atoms with Gasteiger partial charge in [-0.25, -0.2) is 9.59 Å². The highest BCUT2D eigenvalue weighted by Crippen LogP contribution is 2.27. The molecule has 134 valence electrons. The molecule has 3 rings (SSSR count). The lowest BCUT2D eigenvalue weighted by Crippen LogP contribution is -2.61. The molecule has 0 aliphatic carbocycles. The molecule has 1 aromatic carbocycles. The minimum absolute atomic E-state index is 0.123. The zero-order valence-electron chi connectivity index (χ0n) is 13.0. The molecule has 1 aromatic heterocycles. The molecule has 3 unspecified atom stereocenters. The average molecular weight is 352 g/mol. The van der Waals surface area contributed by atoms with Crippen molar-refractivity contribution in [2.24, 2.45) is 0 Å². The minimum Gasteiger partial charge on any atom is -0.479 e. The molecule has 0 saturated carbocycles. The third-order valence-corrected chi connectivity index (χ3v) is 3.99. The number of aryl methyl sites for hydroxylation is 1. The number of ether oxygens (including phenoxy) is 2. The Morgan fingerprint density at radius 2 is 1.84 bits per heavy atom. The molecular weight excluding hydrogens is 336 g/mol. The quantitative estimate of drug-likeness (QED) is 0.530. The fraction of sp³-hybridized carbons (Fsp3) is 0.375. The van der Waals surface area contributed by atoms with Crippen LogP contribution in [0.15, 0.2) is 33.5 Å². The lowest BCUT2D eigenvalue weighted by Gasteiger charge is -2.38. The summed E-state index contributed by atoms with van der Waals surface area (Å²) >= 11 is 0. The number of carbonyl (C=O) groups is 1. The molecule has 0 spiro atoms. The Morgan fingerprint density at radius 1 is 1.12 bits per heavy atom. The summed E-state index contributed by atoms with van der Waals surface area (Å²) in [5.41, 5.74) is 0.403. The van der Waals surface area contributed by atoms with Crippen molar-refractivity contribution in [3.05, 3.63) is 40.2 Å². The van der Waals surface area contributed by atoms with E-state index in [-0.39, 0.29) is 11.3 Å². The van der Waals surface area contributed by atoms with Crippen molar-refractivity contribution in [2.45, 2.75) is 37.6 Å². The number of carboxylic acids is 1. The van der Waals surface area contributed by atoms with E-state index >= 15 is 0 Å². The number of hydrogen-bond acceptors (Lipinski definition) is 8. The van der Waals surface area contributed by atoms with Crippen molar-refractivity contribution in [1.29, 1.82) is 0 Å². The Morgan fingerprint density at radius 3 is 2.52 bits per heavy atom. The highest BCUT2D eigenvalue weighted by atomic mass is 16.7. The summed E-state index contributed by atoms with van der Waals surface area (Å²) in [4.78, 5) is 22.5. The van der Waals surface area contributed by atoms with Crippen molar-refractivity contribution < 1.29 is 39.1 Å². The standard InChI is InChI=1S/C16H16O9/c1-6-4-10(17)24-9-5-7(2-3-8(6)9)23-16-13(20)11(18)12(19)14(25-16)15(21)22/h2-5,11-14,16,18-20H,1H3,(H,21,22)/t11?,12-,13?,14?,16-/m1/s1. The summed E-state index contributed by atoms with van der Waals surface area (Å²) in [6.07, 6.45) is -8.53. The fourth-order valence-electron chi connectivity index (χ4n) is 2.66. The second-order valence-corrected chi connectivity index (χ2v) is 5.76. The monoisotopic (exact) mass is 352 g/mol. The highest BCUT2D eigenvalue weighted by Gasteiger charge is 2.48. The maximum atomic E-state index is 11.5. The third-order valence-electron chi connectivity index (χ3n) is 3.99. The Bertz CT molecular complexity index is 858. The van der Waals surface area contributed by atoms with Crippen LogP contribution in [0.4, 0.5) is 0 Å². The number of aliphatic hydroxyl groups is 3. The number of rotatable bonds is 3. The zero-order chi connectivity index (χ0) is 18.3. The van der Waals surface area contributed by atoms with Crippen molar-refractivity contribution >= 4 is 16.9 Å². The second-order valence-electron chi connectivity index (χ2n) is 5.76. The van der Waals surface area contributed by atoms with Gasteiger partial charge in [-0.1, -0.05) is 0 Å². The summed E-state index contributed by atoms with van der Waals surface area (Å²) < 4.78 is 15.5. The normalized spacial score (nSPS) is 29.5. The highest BCUT2D eigenvalue weighted by molar-refractivity contribution is 5.81. The van der Waals surface area contributed by atoms with Crippen LogP contribution in [0.2, 0.25) is 0 Å². The molecule has 0 amide bonds. The molecule has 4 N–H and O–H groups in total. The third kappa shape index (κ3) is 3.22. The molecule has 2 aromatic rings. The van der Waals surface area contributed by atoms with E-state index in [1.165, 1.54) is 18.2 Å². The van der Waals surface area contributed by atoms with E-state index in [1.54, 1.807) is 13.0 Å². The molecule has 0 radical (unpaired) electrons. The van der Waals surface area contributed by atoms with Crippen LogP contribution >= 0.6 is 0 Å². The average Bonchev–Trinajstić information content (AvgIpc) is 2.54. The van der Waals surface area contributed by atoms with Gasteiger partial charge in [0.15, 0.2) is 6.10 Å². The van der Waals surface area contributed by atoms with E-state index in [1.807, 2.05) is 0 Å². The topological polar surface area (TPSA) is 147 Å². The van der Waals surface area contributed by atoms with Crippen molar-refractivity contribution in [3.8, 4) is 5.75 Å². The van der Waals surface area contributed by atoms with Crippen LogP contribution in [0.25, 0.3) is 11.0 Å². The first-order valence-electron chi connectivity index (χ1n) is 7.41. The van der Waals surface area contributed by atoms with E-state index in [4.69, 9.17) is 19.0 Å². The summed E-state index contributed by atoms with van der Waals surface area (Å²) in [6, 6.07) is 5.86. The van der Waals surface area contributed by atoms with Crippen LogP contribution in [0, 0.1) is 6.92 Å². The molecule has 1 aliphatic heterocycles. The van der Waals surface area contributed by atoms with Gasteiger partial charge in [-0.2, -0.15) is 0 Å². The van der Waals surface area contributed by atoms with Gasteiger partial charge in [-0.3, -0.25) is 0 Å². The van der Waals surface area contributed by atoms with E-state index in [9.17, 15) is 24.9 Å². The van der Waals surface area contributed by atoms with Gasteiger partial charge in [0.05, 0.1) is 0 Å². The SMILES string of the molecule is Cc1cc(=O)oc2cc(O[C@@H]3OC(C(=O)O)[C@H](O)C(O)C3O)ccc12. The molecule has 1 saturated heterocycles. The van der Waals surface area contributed by atoms with Crippen LogP contribution < -0.4 is 10.4 Å².